The SMILES string of the molecule is NC(=O)[C@@H](c1ccccc1)N1CCC[C@@H](C(=O)Nc2ccccn2)C1. The summed E-state index contributed by atoms with van der Waals surface area (Å²) in [5.74, 6) is -0.114. The van der Waals surface area contributed by atoms with Gasteiger partial charge in [0.1, 0.15) is 11.9 Å². The lowest BCUT2D eigenvalue weighted by molar-refractivity contribution is -0.127. The molecule has 0 unspecified atom stereocenters. The molecule has 0 bridgehead atoms. The van der Waals surface area contributed by atoms with Gasteiger partial charge in [0, 0.05) is 12.7 Å². The summed E-state index contributed by atoms with van der Waals surface area (Å²) in [6, 6.07) is 14.4. The summed E-state index contributed by atoms with van der Waals surface area (Å²) < 4.78 is 0. The standard InChI is InChI=1S/C19H22N4O2/c20-18(24)17(14-7-2-1-3-8-14)23-12-6-9-15(13-23)19(25)22-16-10-4-5-11-21-16/h1-5,7-8,10-11,15,17H,6,9,12-13H2,(H2,20,24)(H,21,22,25)/t15-,17-/m1/s1. The second kappa shape index (κ2) is 7.90. The van der Waals surface area contributed by atoms with E-state index >= 15 is 0 Å². The van der Waals surface area contributed by atoms with Crippen molar-refractivity contribution in [2.24, 2.45) is 11.7 Å². The molecule has 1 aromatic carbocycles. The number of aromatic nitrogens is 1. The summed E-state index contributed by atoms with van der Waals surface area (Å²) in [6.07, 6.45) is 3.27. The molecule has 6 heteroatoms. The number of nitrogens with one attached hydrogen (secondary N) is 1. The summed E-state index contributed by atoms with van der Waals surface area (Å²) in [5, 5.41) is 2.85. The number of primary amides is 1. The minimum atomic E-state index is -0.508. The molecule has 1 aliphatic heterocycles. The predicted octanol–water partition coefficient (Wildman–Crippen LogP) is 1.96. The van der Waals surface area contributed by atoms with Gasteiger partial charge in [0.25, 0.3) is 0 Å². The average Bonchev–Trinajstić information content (AvgIpc) is 2.63. The Labute approximate surface area is 147 Å². The van der Waals surface area contributed by atoms with Gasteiger partial charge in [0.05, 0.1) is 5.92 Å². The molecule has 2 heterocycles. The molecule has 25 heavy (non-hydrogen) atoms. The highest BCUT2D eigenvalue weighted by atomic mass is 16.2. The average molecular weight is 338 g/mol. The Morgan fingerprint density at radius 3 is 2.60 bits per heavy atom. The number of amides is 2. The van der Waals surface area contributed by atoms with Crippen LogP contribution in [0.25, 0.3) is 0 Å². The summed E-state index contributed by atoms with van der Waals surface area (Å²) in [6.45, 7) is 1.25. The van der Waals surface area contributed by atoms with Crippen LogP contribution in [-0.4, -0.2) is 34.8 Å². The first-order chi connectivity index (χ1) is 12.1. The van der Waals surface area contributed by atoms with Crippen molar-refractivity contribution in [2.45, 2.75) is 18.9 Å². The second-order valence-electron chi connectivity index (χ2n) is 6.25. The Hall–Kier alpha value is -2.73. The molecule has 2 amide bonds. The van der Waals surface area contributed by atoms with Crippen molar-refractivity contribution in [1.82, 2.24) is 9.88 Å². The highest BCUT2D eigenvalue weighted by Crippen LogP contribution is 2.27. The Morgan fingerprint density at radius 1 is 1.16 bits per heavy atom. The van der Waals surface area contributed by atoms with E-state index in [1.807, 2.05) is 41.3 Å². The first-order valence-electron chi connectivity index (χ1n) is 8.45. The fourth-order valence-electron chi connectivity index (χ4n) is 3.31. The number of likely N-dealkylation sites (tertiary alicyclic amines) is 1. The third kappa shape index (κ3) is 4.22. The monoisotopic (exact) mass is 338 g/mol. The number of pyridine rings is 1. The predicted molar refractivity (Wildman–Crippen MR) is 95.5 cm³/mol. The van der Waals surface area contributed by atoms with Crippen LogP contribution in [0.2, 0.25) is 0 Å². The van der Waals surface area contributed by atoms with Gasteiger partial charge in [0.15, 0.2) is 0 Å². The van der Waals surface area contributed by atoms with Gasteiger partial charge in [-0.15, -0.1) is 0 Å². The van der Waals surface area contributed by atoms with Gasteiger partial charge in [0.2, 0.25) is 11.8 Å². The number of nitrogens with zero attached hydrogens (tertiary/aromatic N) is 2. The van der Waals surface area contributed by atoms with Crippen LogP contribution in [0, 0.1) is 5.92 Å². The first-order valence-corrected chi connectivity index (χ1v) is 8.45. The minimum Gasteiger partial charge on any atom is -0.368 e. The Morgan fingerprint density at radius 2 is 1.92 bits per heavy atom. The lowest BCUT2D eigenvalue weighted by Gasteiger charge is -2.36. The van der Waals surface area contributed by atoms with E-state index in [0.717, 1.165) is 24.9 Å². The molecule has 3 rings (SSSR count). The molecule has 2 atom stereocenters. The largest absolute Gasteiger partial charge is 0.368 e. The van der Waals surface area contributed by atoms with E-state index in [-0.39, 0.29) is 11.8 Å². The van der Waals surface area contributed by atoms with Crippen LogP contribution in [0.3, 0.4) is 0 Å². The van der Waals surface area contributed by atoms with E-state index in [1.54, 1.807) is 18.3 Å². The first kappa shape index (κ1) is 17.1. The zero-order valence-corrected chi connectivity index (χ0v) is 14.0. The number of hydrogen-bond acceptors (Lipinski definition) is 4. The molecular weight excluding hydrogens is 316 g/mol. The van der Waals surface area contributed by atoms with Gasteiger partial charge in [-0.25, -0.2) is 4.98 Å². The molecule has 0 radical (unpaired) electrons. The van der Waals surface area contributed by atoms with Gasteiger partial charge in [-0.3, -0.25) is 14.5 Å². The highest BCUT2D eigenvalue weighted by Gasteiger charge is 2.33. The number of rotatable bonds is 5. The van der Waals surface area contributed by atoms with E-state index in [9.17, 15) is 9.59 Å². The lowest BCUT2D eigenvalue weighted by atomic mass is 9.93. The third-order valence-corrected chi connectivity index (χ3v) is 4.49. The third-order valence-electron chi connectivity index (χ3n) is 4.49. The van der Waals surface area contributed by atoms with Gasteiger partial charge in [-0.1, -0.05) is 36.4 Å². The van der Waals surface area contributed by atoms with Gasteiger partial charge >= 0.3 is 0 Å². The van der Waals surface area contributed by atoms with Crippen molar-refractivity contribution < 1.29 is 9.59 Å². The zero-order valence-electron chi connectivity index (χ0n) is 14.0. The molecule has 1 aliphatic rings. The minimum absolute atomic E-state index is 0.0697. The lowest BCUT2D eigenvalue weighted by Crippen LogP contribution is -2.46. The summed E-state index contributed by atoms with van der Waals surface area (Å²) >= 11 is 0. The molecular formula is C19H22N4O2. The highest BCUT2D eigenvalue weighted by molar-refractivity contribution is 5.92. The number of nitrogens with two attached hydrogens (primary N) is 1. The number of anilines is 1. The topological polar surface area (TPSA) is 88.3 Å². The second-order valence-corrected chi connectivity index (χ2v) is 6.25. The molecule has 1 aromatic heterocycles. The molecule has 2 aromatic rings. The van der Waals surface area contributed by atoms with Gasteiger partial charge in [-0.2, -0.15) is 0 Å². The van der Waals surface area contributed by atoms with Crippen LogP contribution in [-0.2, 0) is 9.59 Å². The van der Waals surface area contributed by atoms with Crippen molar-refractivity contribution in [2.75, 3.05) is 18.4 Å². The fraction of sp³-hybridized carbons (Fsp3) is 0.316. The van der Waals surface area contributed by atoms with Crippen LogP contribution in [0.5, 0.6) is 0 Å². The van der Waals surface area contributed by atoms with Crippen molar-refractivity contribution in [1.29, 1.82) is 0 Å². The van der Waals surface area contributed by atoms with Crippen molar-refractivity contribution in [3.8, 4) is 0 Å². The molecule has 6 nitrogen and oxygen atoms in total. The Bertz CT molecular complexity index is 721. The normalized spacial score (nSPS) is 19.1. The number of carbonyl (C=O) groups is 2. The van der Waals surface area contributed by atoms with E-state index in [2.05, 4.69) is 10.3 Å². The van der Waals surface area contributed by atoms with E-state index < -0.39 is 11.9 Å². The number of benzene rings is 1. The number of hydrogen-bond donors (Lipinski definition) is 2. The van der Waals surface area contributed by atoms with Crippen LogP contribution >= 0.6 is 0 Å². The number of piperidine rings is 1. The van der Waals surface area contributed by atoms with Crippen LogP contribution in [0.1, 0.15) is 24.4 Å². The molecule has 1 fully saturated rings. The smallest absolute Gasteiger partial charge is 0.239 e. The maximum atomic E-state index is 12.5. The van der Waals surface area contributed by atoms with Gasteiger partial charge in [-0.05, 0) is 37.1 Å². The van der Waals surface area contributed by atoms with Crippen molar-refractivity contribution in [3.05, 3.63) is 60.3 Å². The van der Waals surface area contributed by atoms with E-state index in [1.165, 1.54) is 0 Å². The summed E-state index contributed by atoms with van der Waals surface area (Å²) in [4.78, 5) is 30.7. The van der Waals surface area contributed by atoms with Crippen molar-refractivity contribution >= 4 is 17.6 Å². The van der Waals surface area contributed by atoms with Crippen LogP contribution < -0.4 is 11.1 Å². The quantitative estimate of drug-likeness (QED) is 0.872. The number of carbonyl (C=O) groups excluding carboxylic acids is 2. The fourth-order valence-corrected chi connectivity index (χ4v) is 3.31. The van der Waals surface area contributed by atoms with Crippen molar-refractivity contribution in [3.63, 3.8) is 0 Å². The Kier molecular flexibility index (Phi) is 5.40. The van der Waals surface area contributed by atoms with Gasteiger partial charge < -0.3 is 11.1 Å². The van der Waals surface area contributed by atoms with E-state index in [4.69, 9.17) is 5.73 Å². The molecule has 0 spiro atoms. The maximum absolute atomic E-state index is 12.5. The maximum Gasteiger partial charge on any atom is 0.239 e. The van der Waals surface area contributed by atoms with Crippen LogP contribution in [0.15, 0.2) is 54.7 Å². The molecule has 130 valence electrons. The molecule has 0 aliphatic carbocycles. The van der Waals surface area contributed by atoms with Crippen LogP contribution in [0.4, 0.5) is 5.82 Å². The molecule has 1 saturated heterocycles. The van der Waals surface area contributed by atoms with E-state index in [0.29, 0.717) is 12.4 Å². The molecule has 0 saturated carbocycles. The summed E-state index contributed by atoms with van der Waals surface area (Å²) in [5.41, 5.74) is 6.52. The summed E-state index contributed by atoms with van der Waals surface area (Å²) in [7, 11) is 0. The zero-order chi connectivity index (χ0) is 17.6. The Balaban J connectivity index is 1.71. The molecule has 3 N–H and O–H groups in total.